The molecular weight excluding hydrogens is 298 g/mol. The van der Waals surface area contributed by atoms with Gasteiger partial charge in [0.25, 0.3) is 0 Å². The minimum Gasteiger partial charge on any atom is -0.480 e. The molecule has 0 saturated carbocycles. The smallest absolute Gasteiger partial charge is 0.326 e. The first kappa shape index (κ1) is 16.6. The Morgan fingerprint density at radius 3 is 2.52 bits per heavy atom. The third-order valence-electron chi connectivity index (χ3n) is 3.71. The van der Waals surface area contributed by atoms with E-state index in [4.69, 9.17) is 0 Å². The lowest BCUT2D eigenvalue weighted by atomic mass is 9.99. The van der Waals surface area contributed by atoms with Gasteiger partial charge in [-0.25, -0.2) is 9.48 Å². The fourth-order valence-electron chi connectivity index (χ4n) is 2.14. The second kappa shape index (κ2) is 7.48. The van der Waals surface area contributed by atoms with E-state index in [1.165, 1.54) is 11.0 Å². The molecule has 2 N–H and O–H groups in total. The lowest BCUT2D eigenvalue weighted by Gasteiger charge is -2.20. The molecule has 1 amide bonds. The molecule has 1 heterocycles. The highest BCUT2D eigenvalue weighted by molar-refractivity contribution is 5.85. The van der Waals surface area contributed by atoms with Gasteiger partial charge in [0.05, 0.1) is 12.1 Å². The standard InChI is InChI=1S/C15H19N5O3/c1-3-10(2)14(15(22)23)17-13(21)8-11-4-6-12(7-5-11)20-9-16-18-19-20/h4-7,9-10,14H,3,8H2,1-2H3,(H,17,21)(H,22,23). The van der Waals surface area contributed by atoms with E-state index in [2.05, 4.69) is 20.8 Å². The molecule has 0 aliphatic heterocycles. The van der Waals surface area contributed by atoms with Crippen LogP contribution < -0.4 is 5.32 Å². The molecule has 0 radical (unpaired) electrons. The first-order valence-electron chi connectivity index (χ1n) is 7.35. The van der Waals surface area contributed by atoms with Gasteiger partial charge in [0.2, 0.25) is 5.91 Å². The molecule has 0 saturated heterocycles. The van der Waals surface area contributed by atoms with E-state index >= 15 is 0 Å². The number of carboxylic acid groups (broad SMARTS) is 1. The number of nitrogens with one attached hydrogen (secondary N) is 1. The highest BCUT2D eigenvalue weighted by Crippen LogP contribution is 2.10. The summed E-state index contributed by atoms with van der Waals surface area (Å²) in [6, 6.07) is 6.29. The summed E-state index contributed by atoms with van der Waals surface area (Å²) < 4.78 is 1.51. The van der Waals surface area contributed by atoms with Crippen molar-refractivity contribution in [3.63, 3.8) is 0 Å². The first-order valence-corrected chi connectivity index (χ1v) is 7.35. The summed E-state index contributed by atoms with van der Waals surface area (Å²) in [6.07, 6.45) is 2.28. The quantitative estimate of drug-likeness (QED) is 0.782. The van der Waals surface area contributed by atoms with Crippen molar-refractivity contribution in [2.75, 3.05) is 0 Å². The number of nitrogens with zero attached hydrogens (tertiary/aromatic N) is 4. The molecule has 1 aromatic heterocycles. The van der Waals surface area contributed by atoms with Gasteiger partial charge in [-0.3, -0.25) is 4.79 Å². The molecule has 2 aromatic rings. The minimum atomic E-state index is -1.01. The van der Waals surface area contributed by atoms with E-state index in [-0.39, 0.29) is 18.2 Å². The zero-order chi connectivity index (χ0) is 16.8. The van der Waals surface area contributed by atoms with Crippen LogP contribution in [0.5, 0.6) is 0 Å². The maximum absolute atomic E-state index is 12.0. The van der Waals surface area contributed by atoms with Gasteiger partial charge >= 0.3 is 5.97 Å². The van der Waals surface area contributed by atoms with Crippen LogP contribution >= 0.6 is 0 Å². The summed E-state index contributed by atoms with van der Waals surface area (Å²) in [5.41, 5.74) is 1.56. The Labute approximate surface area is 133 Å². The molecule has 8 nitrogen and oxygen atoms in total. The lowest BCUT2D eigenvalue weighted by molar-refractivity contribution is -0.143. The third kappa shape index (κ3) is 4.35. The van der Waals surface area contributed by atoms with Crippen molar-refractivity contribution in [2.24, 2.45) is 5.92 Å². The Kier molecular flexibility index (Phi) is 5.40. The summed E-state index contributed by atoms with van der Waals surface area (Å²) in [6.45, 7) is 3.70. The molecule has 0 aliphatic carbocycles. The predicted molar refractivity (Wildman–Crippen MR) is 81.9 cm³/mol. The van der Waals surface area contributed by atoms with E-state index in [0.717, 1.165) is 11.3 Å². The number of aromatic nitrogens is 4. The van der Waals surface area contributed by atoms with Crippen molar-refractivity contribution in [2.45, 2.75) is 32.7 Å². The average molecular weight is 317 g/mol. The van der Waals surface area contributed by atoms with Crippen LogP contribution in [0.4, 0.5) is 0 Å². The van der Waals surface area contributed by atoms with Gasteiger partial charge in [-0.05, 0) is 34.0 Å². The second-order valence-corrected chi connectivity index (χ2v) is 5.37. The predicted octanol–water partition coefficient (Wildman–Crippen LogP) is 0.820. The van der Waals surface area contributed by atoms with Crippen molar-refractivity contribution in [3.8, 4) is 5.69 Å². The molecule has 8 heteroatoms. The Bertz CT molecular complexity index is 654. The van der Waals surface area contributed by atoms with Gasteiger partial charge in [-0.2, -0.15) is 0 Å². The molecule has 2 unspecified atom stereocenters. The normalized spacial score (nSPS) is 13.3. The molecule has 0 spiro atoms. The van der Waals surface area contributed by atoms with Crippen LogP contribution in [0.25, 0.3) is 5.69 Å². The number of aliphatic carboxylic acids is 1. The van der Waals surface area contributed by atoms with Crippen LogP contribution in [0, 0.1) is 5.92 Å². The van der Waals surface area contributed by atoms with E-state index in [9.17, 15) is 14.7 Å². The Balaban J connectivity index is 1.98. The van der Waals surface area contributed by atoms with Crippen molar-refractivity contribution in [3.05, 3.63) is 36.2 Å². The minimum absolute atomic E-state index is 0.121. The number of carbonyl (C=O) groups excluding carboxylic acids is 1. The van der Waals surface area contributed by atoms with Gasteiger partial charge in [0.15, 0.2) is 0 Å². The summed E-state index contributed by atoms with van der Waals surface area (Å²) in [5.74, 6) is -1.45. The molecule has 0 bridgehead atoms. The van der Waals surface area contributed by atoms with Gasteiger partial charge < -0.3 is 10.4 Å². The maximum Gasteiger partial charge on any atom is 0.326 e. The monoisotopic (exact) mass is 317 g/mol. The SMILES string of the molecule is CCC(C)C(NC(=O)Cc1ccc(-n2cnnn2)cc1)C(=O)O. The number of hydrogen-bond donors (Lipinski definition) is 2. The number of rotatable bonds is 7. The molecule has 0 fully saturated rings. The Morgan fingerprint density at radius 1 is 1.30 bits per heavy atom. The number of carbonyl (C=O) groups is 2. The van der Waals surface area contributed by atoms with E-state index in [0.29, 0.717) is 6.42 Å². The fourth-order valence-corrected chi connectivity index (χ4v) is 2.14. The molecule has 2 atom stereocenters. The van der Waals surface area contributed by atoms with Crippen molar-refractivity contribution in [1.82, 2.24) is 25.5 Å². The molecule has 23 heavy (non-hydrogen) atoms. The molecule has 122 valence electrons. The molecule has 1 aromatic carbocycles. The molecular formula is C15H19N5O3. The summed E-state index contributed by atoms with van der Waals surface area (Å²) >= 11 is 0. The number of hydrogen-bond acceptors (Lipinski definition) is 5. The number of carboxylic acids is 1. The van der Waals surface area contributed by atoms with Gasteiger partial charge in [-0.1, -0.05) is 32.4 Å². The van der Waals surface area contributed by atoms with E-state index < -0.39 is 12.0 Å². The van der Waals surface area contributed by atoms with Gasteiger partial charge in [0, 0.05) is 0 Å². The maximum atomic E-state index is 12.0. The highest BCUT2D eigenvalue weighted by atomic mass is 16.4. The number of tetrazole rings is 1. The van der Waals surface area contributed by atoms with Crippen LogP contribution in [-0.2, 0) is 16.0 Å². The van der Waals surface area contributed by atoms with Crippen LogP contribution in [0.15, 0.2) is 30.6 Å². The van der Waals surface area contributed by atoms with Gasteiger partial charge in [-0.15, -0.1) is 5.10 Å². The van der Waals surface area contributed by atoms with Crippen molar-refractivity contribution < 1.29 is 14.7 Å². The summed E-state index contributed by atoms with van der Waals surface area (Å²) in [5, 5.41) is 22.7. The summed E-state index contributed by atoms with van der Waals surface area (Å²) in [7, 11) is 0. The summed E-state index contributed by atoms with van der Waals surface area (Å²) in [4.78, 5) is 23.3. The van der Waals surface area contributed by atoms with Crippen molar-refractivity contribution >= 4 is 11.9 Å². The number of benzene rings is 1. The second-order valence-electron chi connectivity index (χ2n) is 5.37. The average Bonchev–Trinajstić information content (AvgIpc) is 3.06. The Hall–Kier alpha value is -2.77. The van der Waals surface area contributed by atoms with Gasteiger partial charge in [0.1, 0.15) is 12.4 Å². The lowest BCUT2D eigenvalue weighted by Crippen LogP contribution is -2.45. The van der Waals surface area contributed by atoms with Crippen LogP contribution in [0.2, 0.25) is 0 Å². The van der Waals surface area contributed by atoms with Crippen LogP contribution in [-0.4, -0.2) is 43.2 Å². The zero-order valence-corrected chi connectivity index (χ0v) is 13.0. The topological polar surface area (TPSA) is 110 Å². The zero-order valence-electron chi connectivity index (χ0n) is 13.0. The molecule has 2 rings (SSSR count). The third-order valence-corrected chi connectivity index (χ3v) is 3.71. The highest BCUT2D eigenvalue weighted by Gasteiger charge is 2.25. The van der Waals surface area contributed by atoms with Crippen molar-refractivity contribution in [1.29, 1.82) is 0 Å². The number of amides is 1. The largest absolute Gasteiger partial charge is 0.480 e. The van der Waals surface area contributed by atoms with E-state index in [1.54, 1.807) is 31.2 Å². The fraction of sp³-hybridized carbons (Fsp3) is 0.400. The first-order chi connectivity index (χ1) is 11.0. The van der Waals surface area contributed by atoms with Crippen LogP contribution in [0.3, 0.4) is 0 Å². The Morgan fingerprint density at radius 2 is 2.00 bits per heavy atom. The molecule has 0 aliphatic rings. The van der Waals surface area contributed by atoms with E-state index in [1.807, 2.05) is 6.92 Å². The van der Waals surface area contributed by atoms with Crippen LogP contribution in [0.1, 0.15) is 25.8 Å².